The van der Waals surface area contributed by atoms with Crippen molar-refractivity contribution in [2.45, 2.75) is 33.2 Å². The van der Waals surface area contributed by atoms with E-state index in [1.807, 2.05) is 20.8 Å². The third-order valence-electron chi connectivity index (χ3n) is 2.71. The van der Waals surface area contributed by atoms with Crippen LogP contribution in [0.25, 0.3) is 0 Å². The topological polar surface area (TPSA) is 89.0 Å². The van der Waals surface area contributed by atoms with E-state index in [0.29, 0.717) is 23.9 Å². The van der Waals surface area contributed by atoms with Crippen LogP contribution in [0.3, 0.4) is 0 Å². The fourth-order valence-corrected chi connectivity index (χ4v) is 1.83. The minimum absolute atomic E-state index is 0.116. The zero-order valence-corrected chi connectivity index (χ0v) is 13.8. The van der Waals surface area contributed by atoms with Crippen LogP contribution in [0.4, 0.5) is 17.5 Å². The number of nitrogens with zero attached hydrogens (tertiary/aromatic N) is 3. The van der Waals surface area contributed by atoms with Gasteiger partial charge in [0, 0.05) is 11.2 Å². The lowest BCUT2D eigenvalue weighted by atomic mass is 10.1. The Labute approximate surface area is 135 Å². The number of esters is 1. The Balaban J connectivity index is 2.07. The number of aromatic nitrogens is 3. The van der Waals surface area contributed by atoms with Crippen LogP contribution in [0, 0.1) is 0 Å². The monoisotopic (exact) mass is 315 g/mol. The highest BCUT2D eigenvalue weighted by molar-refractivity contribution is 5.89. The summed E-state index contributed by atoms with van der Waals surface area (Å²) in [5, 5.41) is 14.2. The van der Waals surface area contributed by atoms with E-state index < -0.39 is 0 Å². The zero-order chi connectivity index (χ0) is 16.9. The molecule has 2 rings (SSSR count). The number of carbonyl (C=O) groups excluding carboxylic acids is 1. The van der Waals surface area contributed by atoms with Crippen molar-refractivity contribution in [3.63, 3.8) is 0 Å². The lowest BCUT2D eigenvalue weighted by molar-refractivity contribution is 0.0526. The van der Waals surface area contributed by atoms with E-state index >= 15 is 0 Å². The van der Waals surface area contributed by atoms with E-state index in [0.717, 1.165) is 5.69 Å². The fraction of sp³-hybridized carbons (Fsp3) is 0.375. The van der Waals surface area contributed by atoms with Crippen molar-refractivity contribution in [1.29, 1.82) is 0 Å². The molecular formula is C16H21N5O2. The van der Waals surface area contributed by atoms with E-state index in [-0.39, 0.29) is 11.5 Å². The molecule has 0 radical (unpaired) electrons. The predicted molar refractivity (Wildman–Crippen MR) is 88.9 cm³/mol. The Morgan fingerprint density at radius 2 is 1.91 bits per heavy atom. The molecule has 0 aliphatic carbocycles. The van der Waals surface area contributed by atoms with Crippen molar-refractivity contribution in [3.8, 4) is 0 Å². The third-order valence-corrected chi connectivity index (χ3v) is 2.71. The Morgan fingerprint density at radius 1 is 1.22 bits per heavy atom. The predicted octanol–water partition coefficient (Wildman–Crippen LogP) is 3.00. The molecule has 7 heteroatoms. The van der Waals surface area contributed by atoms with Gasteiger partial charge in [0.1, 0.15) is 0 Å². The van der Waals surface area contributed by atoms with Gasteiger partial charge in [-0.1, -0.05) is 0 Å². The molecule has 7 nitrogen and oxygen atoms in total. The van der Waals surface area contributed by atoms with Crippen molar-refractivity contribution >= 4 is 23.4 Å². The van der Waals surface area contributed by atoms with Crippen LogP contribution in [-0.2, 0) is 4.74 Å². The maximum Gasteiger partial charge on any atom is 0.338 e. The summed E-state index contributed by atoms with van der Waals surface area (Å²) < 4.78 is 4.95. The van der Waals surface area contributed by atoms with Gasteiger partial charge in [0.15, 0.2) is 5.82 Å². The molecule has 2 aromatic rings. The third kappa shape index (κ3) is 5.21. The van der Waals surface area contributed by atoms with Crippen LogP contribution in [0.2, 0.25) is 0 Å². The summed E-state index contributed by atoms with van der Waals surface area (Å²) >= 11 is 0. The number of hydrogen-bond acceptors (Lipinski definition) is 7. The molecule has 0 amide bonds. The molecule has 122 valence electrons. The zero-order valence-electron chi connectivity index (χ0n) is 13.8. The van der Waals surface area contributed by atoms with Crippen molar-refractivity contribution < 1.29 is 9.53 Å². The second-order valence-corrected chi connectivity index (χ2v) is 5.96. The fourth-order valence-electron chi connectivity index (χ4n) is 1.83. The minimum Gasteiger partial charge on any atom is -0.462 e. The Kier molecular flexibility index (Phi) is 5.10. The van der Waals surface area contributed by atoms with E-state index in [4.69, 9.17) is 4.74 Å². The van der Waals surface area contributed by atoms with Crippen molar-refractivity contribution in [2.75, 3.05) is 17.2 Å². The molecule has 0 saturated carbocycles. The van der Waals surface area contributed by atoms with Gasteiger partial charge >= 0.3 is 5.97 Å². The minimum atomic E-state index is -0.339. The highest BCUT2D eigenvalue weighted by Gasteiger charge is 2.11. The number of hydrogen-bond donors (Lipinski definition) is 2. The second kappa shape index (κ2) is 7.04. The number of rotatable bonds is 5. The number of carbonyl (C=O) groups is 1. The van der Waals surface area contributed by atoms with E-state index in [9.17, 15) is 4.79 Å². The summed E-state index contributed by atoms with van der Waals surface area (Å²) in [5.41, 5.74) is 1.14. The van der Waals surface area contributed by atoms with Crippen molar-refractivity contribution in [3.05, 3.63) is 36.0 Å². The summed E-state index contributed by atoms with van der Waals surface area (Å²) in [7, 11) is 0. The highest BCUT2D eigenvalue weighted by Crippen LogP contribution is 2.16. The lowest BCUT2D eigenvalue weighted by Gasteiger charge is -2.20. The quantitative estimate of drug-likeness (QED) is 0.820. The normalized spacial score (nSPS) is 11.0. The molecule has 2 N–H and O–H groups in total. The van der Waals surface area contributed by atoms with Crippen LogP contribution in [0.15, 0.2) is 30.5 Å². The summed E-state index contributed by atoms with van der Waals surface area (Å²) in [5.74, 6) is 0.676. The second-order valence-electron chi connectivity index (χ2n) is 5.96. The van der Waals surface area contributed by atoms with Crippen LogP contribution < -0.4 is 10.6 Å². The summed E-state index contributed by atoms with van der Waals surface area (Å²) in [4.78, 5) is 16.0. The Hall–Kier alpha value is -2.70. The number of benzene rings is 1. The first-order valence-electron chi connectivity index (χ1n) is 7.39. The average molecular weight is 315 g/mol. The average Bonchev–Trinajstić information content (AvgIpc) is 2.47. The van der Waals surface area contributed by atoms with Gasteiger partial charge in [-0.3, -0.25) is 0 Å². The van der Waals surface area contributed by atoms with Gasteiger partial charge in [0.2, 0.25) is 5.95 Å². The van der Waals surface area contributed by atoms with E-state index in [1.165, 1.54) is 0 Å². The molecule has 0 saturated heterocycles. The molecule has 0 aliphatic rings. The van der Waals surface area contributed by atoms with Gasteiger partial charge in [0.25, 0.3) is 0 Å². The van der Waals surface area contributed by atoms with Gasteiger partial charge in [-0.05, 0) is 52.0 Å². The first-order chi connectivity index (χ1) is 10.9. The Bertz CT molecular complexity index is 665. The van der Waals surface area contributed by atoms with E-state index in [2.05, 4.69) is 25.8 Å². The van der Waals surface area contributed by atoms with Gasteiger partial charge < -0.3 is 15.4 Å². The van der Waals surface area contributed by atoms with Gasteiger partial charge in [0.05, 0.1) is 18.4 Å². The molecule has 0 aliphatic heterocycles. The molecule has 1 aromatic carbocycles. The van der Waals surface area contributed by atoms with Crippen molar-refractivity contribution in [2.24, 2.45) is 0 Å². The maximum absolute atomic E-state index is 11.6. The molecule has 1 heterocycles. The number of anilines is 3. The van der Waals surface area contributed by atoms with Crippen LogP contribution in [0.5, 0.6) is 0 Å². The maximum atomic E-state index is 11.6. The Morgan fingerprint density at radius 3 is 2.52 bits per heavy atom. The molecule has 0 bridgehead atoms. The molecule has 0 unspecified atom stereocenters. The number of ether oxygens (including phenoxy) is 1. The highest BCUT2D eigenvalue weighted by atomic mass is 16.5. The molecule has 0 atom stereocenters. The molecule has 0 fully saturated rings. The molecular weight excluding hydrogens is 294 g/mol. The largest absolute Gasteiger partial charge is 0.462 e. The first kappa shape index (κ1) is 16.7. The van der Waals surface area contributed by atoms with Gasteiger partial charge in [-0.2, -0.15) is 10.1 Å². The van der Waals surface area contributed by atoms with Crippen LogP contribution in [-0.4, -0.2) is 33.3 Å². The summed E-state index contributed by atoms with van der Waals surface area (Å²) in [6.45, 7) is 8.24. The van der Waals surface area contributed by atoms with Crippen LogP contribution in [0.1, 0.15) is 38.1 Å². The SMILES string of the molecule is CCOC(=O)c1ccc(Nc2nncc(NC(C)(C)C)n2)cc1. The molecule has 0 spiro atoms. The molecule has 1 aromatic heterocycles. The number of nitrogens with one attached hydrogen (secondary N) is 2. The smallest absolute Gasteiger partial charge is 0.338 e. The summed E-state index contributed by atoms with van der Waals surface area (Å²) in [6.07, 6.45) is 1.57. The van der Waals surface area contributed by atoms with E-state index in [1.54, 1.807) is 37.4 Å². The van der Waals surface area contributed by atoms with Crippen LogP contribution >= 0.6 is 0 Å². The van der Waals surface area contributed by atoms with Crippen molar-refractivity contribution in [1.82, 2.24) is 15.2 Å². The lowest BCUT2D eigenvalue weighted by Crippen LogP contribution is -2.27. The first-order valence-corrected chi connectivity index (χ1v) is 7.39. The van der Waals surface area contributed by atoms with Gasteiger partial charge in [-0.25, -0.2) is 4.79 Å². The summed E-state index contributed by atoms with van der Waals surface area (Å²) in [6, 6.07) is 6.90. The van der Waals surface area contributed by atoms with Gasteiger partial charge in [-0.15, -0.1) is 5.10 Å². The molecule has 23 heavy (non-hydrogen) atoms. The standard InChI is InChI=1S/C16H21N5O2/c1-5-23-14(22)11-6-8-12(9-7-11)18-15-19-13(10-17-21-15)20-16(2,3)4/h6-10H,5H2,1-4H3,(H2,18,19,20,21).